The maximum atomic E-state index is 13.6. The maximum absolute atomic E-state index is 13.6. The van der Waals surface area contributed by atoms with Gasteiger partial charge >= 0.3 is 0 Å². The van der Waals surface area contributed by atoms with Crippen LogP contribution in [0.4, 0.5) is 8.78 Å². The number of benzene rings is 1. The molecule has 1 saturated heterocycles. The predicted molar refractivity (Wildman–Crippen MR) is 73.6 cm³/mol. The van der Waals surface area contributed by atoms with Gasteiger partial charge in [-0.25, -0.2) is 8.78 Å². The van der Waals surface area contributed by atoms with E-state index in [1.54, 1.807) is 4.90 Å². The van der Waals surface area contributed by atoms with Crippen molar-refractivity contribution in [3.05, 3.63) is 35.4 Å². The van der Waals surface area contributed by atoms with Crippen molar-refractivity contribution in [2.24, 2.45) is 11.7 Å². The first-order chi connectivity index (χ1) is 9.88. The van der Waals surface area contributed by atoms with Crippen molar-refractivity contribution in [3.8, 4) is 0 Å². The van der Waals surface area contributed by atoms with E-state index >= 15 is 0 Å². The van der Waals surface area contributed by atoms with Crippen LogP contribution in [0.1, 0.15) is 30.1 Å². The highest BCUT2D eigenvalue weighted by molar-refractivity contribution is 5.97. The zero-order chi connectivity index (χ0) is 15.6. The minimum absolute atomic E-state index is 0.0503. The van der Waals surface area contributed by atoms with Crippen LogP contribution in [0, 0.1) is 17.6 Å². The number of hydrogen-bond acceptors (Lipinski definition) is 3. The van der Waals surface area contributed by atoms with E-state index in [1.165, 1.54) is 0 Å². The quantitative estimate of drug-likeness (QED) is 0.861. The van der Waals surface area contributed by atoms with Gasteiger partial charge in [-0.05, 0) is 38.0 Å². The standard InChI is InChI=1S/C15H18F2N2O2/c1-9-2-3-10(15(18)21)7-19(9)8-14(20)12-6-11(16)4-5-13(12)17/h4-6,9-10H,2-3,7-8H2,1H3,(H2,18,21). The fourth-order valence-corrected chi connectivity index (χ4v) is 2.61. The fraction of sp³-hybridized carbons (Fsp3) is 0.467. The number of carbonyl (C=O) groups excluding carboxylic acids is 2. The third-order valence-electron chi connectivity index (χ3n) is 3.99. The smallest absolute Gasteiger partial charge is 0.221 e. The molecule has 0 saturated carbocycles. The van der Waals surface area contributed by atoms with Gasteiger partial charge in [0.05, 0.1) is 18.0 Å². The molecule has 1 fully saturated rings. The predicted octanol–water partition coefficient (Wildman–Crippen LogP) is 1.73. The Morgan fingerprint density at radius 1 is 1.33 bits per heavy atom. The first-order valence-electron chi connectivity index (χ1n) is 6.90. The lowest BCUT2D eigenvalue weighted by Gasteiger charge is -2.36. The molecule has 0 aliphatic carbocycles. The Hall–Kier alpha value is -1.82. The number of primary amides is 1. The molecule has 0 radical (unpaired) electrons. The lowest BCUT2D eigenvalue weighted by atomic mass is 9.92. The molecule has 0 bridgehead atoms. The molecule has 1 amide bonds. The molecule has 2 unspecified atom stereocenters. The largest absolute Gasteiger partial charge is 0.369 e. The van der Waals surface area contributed by atoms with Crippen LogP contribution in [0.5, 0.6) is 0 Å². The highest BCUT2D eigenvalue weighted by Gasteiger charge is 2.30. The van der Waals surface area contributed by atoms with Crippen molar-refractivity contribution in [1.29, 1.82) is 0 Å². The first kappa shape index (κ1) is 15.6. The van der Waals surface area contributed by atoms with Crippen LogP contribution >= 0.6 is 0 Å². The number of nitrogens with zero attached hydrogens (tertiary/aromatic N) is 1. The van der Waals surface area contributed by atoms with Crippen LogP contribution in [0.15, 0.2) is 18.2 Å². The number of amides is 1. The van der Waals surface area contributed by atoms with Crippen LogP contribution in [0.2, 0.25) is 0 Å². The monoisotopic (exact) mass is 296 g/mol. The average Bonchev–Trinajstić information content (AvgIpc) is 2.43. The van der Waals surface area contributed by atoms with Crippen LogP contribution in [-0.4, -0.2) is 35.7 Å². The SMILES string of the molecule is CC1CCC(C(N)=O)CN1CC(=O)c1cc(F)ccc1F. The Balaban J connectivity index is 2.10. The Morgan fingerprint density at radius 3 is 2.71 bits per heavy atom. The van der Waals surface area contributed by atoms with E-state index in [0.717, 1.165) is 24.6 Å². The molecule has 114 valence electrons. The molecule has 0 aromatic heterocycles. The Bertz CT molecular complexity index is 563. The van der Waals surface area contributed by atoms with Gasteiger partial charge in [0.25, 0.3) is 0 Å². The fourth-order valence-electron chi connectivity index (χ4n) is 2.61. The summed E-state index contributed by atoms with van der Waals surface area (Å²) >= 11 is 0. The third-order valence-corrected chi connectivity index (χ3v) is 3.99. The van der Waals surface area contributed by atoms with Gasteiger partial charge in [0.2, 0.25) is 5.91 Å². The van der Waals surface area contributed by atoms with Crippen molar-refractivity contribution in [1.82, 2.24) is 4.90 Å². The lowest BCUT2D eigenvalue weighted by molar-refractivity contribution is -0.123. The molecule has 1 aromatic rings. The zero-order valence-corrected chi connectivity index (χ0v) is 11.8. The van der Waals surface area contributed by atoms with Gasteiger partial charge in [0.15, 0.2) is 5.78 Å². The van der Waals surface area contributed by atoms with Crippen LogP contribution < -0.4 is 5.73 Å². The Morgan fingerprint density at radius 2 is 2.05 bits per heavy atom. The number of ketones is 1. The van der Waals surface area contributed by atoms with E-state index in [-0.39, 0.29) is 24.1 Å². The van der Waals surface area contributed by atoms with Crippen molar-refractivity contribution in [2.75, 3.05) is 13.1 Å². The minimum atomic E-state index is -0.738. The van der Waals surface area contributed by atoms with Gasteiger partial charge in [0.1, 0.15) is 11.6 Å². The minimum Gasteiger partial charge on any atom is -0.369 e. The number of piperidine rings is 1. The van der Waals surface area contributed by atoms with Crippen LogP contribution in [-0.2, 0) is 4.79 Å². The summed E-state index contributed by atoms with van der Waals surface area (Å²) in [7, 11) is 0. The van der Waals surface area contributed by atoms with E-state index in [0.29, 0.717) is 13.0 Å². The molecule has 0 spiro atoms. The first-order valence-corrected chi connectivity index (χ1v) is 6.90. The van der Waals surface area contributed by atoms with Crippen LogP contribution in [0.25, 0.3) is 0 Å². The van der Waals surface area contributed by atoms with Crippen molar-refractivity contribution < 1.29 is 18.4 Å². The molecule has 1 heterocycles. The highest BCUT2D eigenvalue weighted by Crippen LogP contribution is 2.22. The highest BCUT2D eigenvalue weighted by atomic mass is 19.1. The molecule has 1 aliphatic heterocycles. The van der Waals surface area contributed by atoms with Gasteiger partial charge in [-0.2, -0.15) is 0 Å². The number of rotatable bonds is 4. The topological polar surface area (TPSA) is 63.4 Å². The molecule has 2 N–H and O–H groups in total. The van der Waals surface area contributed by atoms with Crippen molar-refractivity contribution >= 4 is 11.7 Å². The molecule has 1 aliphatic rings. The Labute approximate surface area is 121 Å². The molecular formula is C15H18F2N2O2. The zero-order valence-electron chi connectivity index (χ0n) is 11.8. The van der Waals surface area contributed by atoms with Crippen molar-refractivity contribution in [2.45, 2.75) is 25.8 Å². The summed E-state index contributed by atoms with van der Waals surface area (Å²) in [4.78, 5) is 25.2. The lowest BCUT2D eigenvalue weighted by Crippen LogP contribution is -2.47. The molecule has 2 rings (SSSR count). The Kier molecular flexibility index (Phi) is 4.67. The number of Topliss-reactive ketones (excluding diaryl/α,β-unsaturated/α-hetero) is 1. The van der Waals surface area contributed by atoms with Gasteiger partial charge in [-0.3, -0.25) is 14.5 Å². The second kappa shape index (κ2) is 6.30. The summed E-state index contributed by atoms with van der Waals surface area (Å²) in [5.74, 6) is -2.58. The number of halogens is 2. The van der Waals surface area contributed by atoms with Gasteiger partial charge in [0, 0.05) is 12.6 Å². The summed E-state index contributed by atoms with van der Waals surface area (Å²) in [6.45, 7) is 2.26. The summed E-state index contributed by atoms with van der Waals surface area (Å²) in [5.41, 5.74) is 5.04. The summed E-state index contributed by atoms with van der Waals surface area (Å²) < 4.78 is 26.7. The second-order valence-corrected chi connectivity index (χ2v) is 5.50. The van der Waals surface area contributed by atoms with E-state index < -0.39 is 23.3 Å². The number of hydrogen-bond donors (Lipinski definition) is 1. The molecule has 2 atom stereocenters. The third kappa shape index (κ3) is 3.64. The van der Waals surface area contributed by atoms with E-state index in [1.807, 2.05) is 6.92 Å². The van der Waals surface area contributed by atoms with Gasteiger partial charge in [-0.15, -0.1) is 0 Å². The number of carbonyl (C=O) groups is 2. The molecule has 21 heavy (non-hydrogen) atoms. The van der Waals surface area contributed by atoms with Gasteiger partial charge in [-0.1, -0.05) is 0 Å². The molecule has 6 heteroatoms. The van der Waals surface area contributed by atoms with E-state index in [9.17, 15) is 18.4 Å². The number of nitrogens with two attached hydrogens (primary N) is 1. The average molecular weight is 296 g/mol. The van der Waals surface area contributed by atoms with E-state index in [2.05, 4.69) is 0 Å². The summed E-state index contributed by atoms with van der Waals surface area (Å²) in [6, 6.07) is 2.91. The summed E-state index contributed by atoms with van der Waals surface area (Å²) in [6.07, 6.45) is 1.43. The normalized spacial score (nSPS) is 23.0. The van der Waals surface area contributed by atoms with Crippen LogP contribution in [0.3, 0.4) is 0 Å². The summed E-state index contributed by atoms with van der Waals surface area (Å²) in [5, 5.41) is 0. The molecule has 4 nitrogen and oxygen atoms in total. The van der Waals surface area contributed by atoms with Crippen molar-refractivity contribution in [3.63, 3.8) is 0 Å². The number of likely N-dealkylation sites (tertiary alicyclic amines) is 1. The molecule has 1 aromatic carbocycles. The maximum Gasteiger partial charge on any atom is 0.221 e. The molecular weight excluding hydrogens is 278 g/mol. The van der Waals surface area contributed by atoms with E-state index in [4.69, 9.17) is 5.73 Å². The second-order valence-electron chi connectivity index (χ2n) is 5.50. The van der Waals surface area contributed by atoms with Gasteiger partial charge < -0.3 is 5.73 Å².